The van der Waals surface area contributed by atoms with Gasteiger partial charge in [0.1, 0.15) is 0 Å². The second-order valence-electron chi connectivity index (χ2n) is 6.16. The highest BCUT2D eigenvalue weighted by Gasteiger charge is 2.22. The third kappa shape index (κ3) is 5.95. The number of nitrogens with one attached hydrogen (secondary N) is 3. The van der Waals surface area contributed by atoms with Crippen molar-refractivity contribution in [3.8, 4) is 0 Å². The van der Waals surface area contributed by atoms with Gasteiger partial charge >= 0.3 is 0 Å². The maximum absolute atomic E-state index is 5.41. The van der Waals surface area contributed by atoms with Gasteiger partial charge in [0.05, 0.1) is 0 Å². The Morgan fingerprint density at radius 3 is 2.57 bits per heavy atom. The van der Waals surface area contributed by atoms with Crippen LogP contribution in [-0.2, 0) is 6.54 Å². The van der Waals surface area contributed by atoms with Gasteiger partial charge in [0.15, 0.2) is 10.2 Å². The van der Waals surface area contributed by atoms with E-state index in [9.17, 15) is 0 Å². The molecule has 1 aliphatic rings. The monoisotopic (exact) mass is 350 g/mol. The molecule has 6 heteroatoms. The molecular formula is C17H26N4S2. The average Bonchev–Trinajstić information content (AvgIpc) is 2.55. The molecule has 1 aliphatic carbocycles. The molecule has 126 valence electrons. The van der Waals surface area contributed by atoms with E-state index in [4.69, 9.17) is 24.4 Å². The van der Waals surface area contributed by atoms with Gasteiger partial charge in [0, 0.05) is 19.6 Å². The Labute approximate surface area is 150 Å². The van der Waals surface area contributed by atoms with Gasteiger partial charge in [0.2, 0.25) is 0 Å². The van der Waals surface area contributed by atoms with E-state index < -0.39 is 0 Å². The number of nitrogens with zero attached hydrogens (tertiary/aromatic N) is 1. The zero-order chi connectivity index (χ0) is 16.7. The van der Waals surface area contributed by atoms with Gasteiger partial charge < -0.3 is 10.6 Å². The predicted octanol–water partition coefficient (Wildman–Crippen LogP) is 2.95. The Kier molecular flexibility index (Phi) is 7.05. The van der Waals surface area contributed by atoms with Crippen LogP contribution in [0.1, 0.15) is 38.2 Å². The predicted molar refractivity (Wildman–Crippen MR) is 104 cm³/mol. The molecular weight excluding hydrogens is 324 g/mol. The average molecular weight is 351 g/mol. The van der Waals surface area contributed by atoms with E-state index in [1.165, 1.54) is 31.2 Å². The summed E-state index contributed by atoms with van der Waals surface area (Å²) < 4.78 is 0. The van der Waals surface area contributed by atoms with Crippen LogP contribution in [0.2, 0.25) is 0 Å². The van der Waals surface area contributed by atoms with Crippen LogP contribution in [0.15, 0.2) is 30.3 Å². The van der Waals surface area contributed by atoms with Gasteiger partial charge in [-0.2, -0.15) is 0 Å². The molecule has 0 bridgehead atoms. The van der Waals surface area contributed by atoms with Crippen molar-refractivity contribution in [2.24, 2.45) is 5.92 Å². The minimum absolute atomic E-state index is 0.461. The van der Waals surface area contributed by atoms with E-state index in [2.05, 4.69) is 35.1 Å². The van der Waals surface area contributed by atoms with E-state index in [1.807, 2.05) is 25.2 Å². The lowest BCUT2D eigenvalue weighted by Gasteiger charge is -2.32. The molecule has 0 heterocycles. The molecule has 0 aromatic heterocycles. The molecule has 4 nitrogen and oxygen atoms in total. The fraction of sp³-hybridized carbons (Fsp3) is 0.529. The molecule has 0 spiro atoms. The third-order valence-electron chi connectivity index (χ3n) is 4.29. The normalized spacial score (nSPS) is 20.4. The van der Waals surface area contributed by atoms with Crippen LogP contribution in [0.5, 0.6) is 0 Å². The van der Waals surface area contributed by atoms with Crippen LogP contribution in [0.4, 0.5) is 0 Å². The maximum Gasteiger partial charge on any atom is 0.187 e. The van der Waals surface area contributed by atoms with E-state index in [0.29, 0.717) is 28.7 Å². The summed E-state index contributed by atoms with van der Waals surface area (Å²) in [7, 11) is 1.87. The van der Waals surface area contributed by atoms with Crippen molar-refractivity contribution in [3.63, 3.8) is 0 Å². The van der Waals surface area contributed by atoms with Crippen LogP contribution < -0.4 is 16.1 Å². The molecule has 2 rings (SSSR count). The quantitative estimate of drug-likeness (QED) is 0.575. The van der Waals surface area contributed by atoms with Crippen molar-refractivity contribution < 1.29 is 0 Å². The number of thiocarbonyl (C=S) groups is 2. The Morgan fingerprint density at radius 2 is 1.87 bits per heavy atom. The molecule has 0 amide bonds. The zero-order valence-corrected chi connectivity index (χ0v) is 15.5. The number of hydrogen-bond acceptors (Lipinski definition) is 2. The third-order valence-corrected chi connectivity index (χ3v) is 4.92. The molecule has 0 saturated heterocycles. The Hall–Kier alpha value is -1.40. The lowest BCUT2D eigenvalue weighted by molar-refractivity contribution is 0.304. The Balaban J connectivity index is 1.73. The number of hydrogen-bond donors (Lipinski definition) is 3. The van der Waals surface area contributed by atoms with Crippen molar-refractivity contribution >= 4 is 34.7 Å². The molecule has 1 aromatic carbocycles. The van der Waals surface area contributed by atoms with Crippen LogP contribution in [0.3, 0.4) is 0 Å². The number of benzene rings is 1. The van der Waals surface area contributed by atoms with Gasteiger partial charge in [-0.05, 0) is 48.8 Å². The van der Waals surface area contributed by atoms with Crippen LogP contribution >= 0.6 is 24.4 Å². The topological polar surface area (TPSA) is 39.3 Å². The first-order valence-electron chi connectivity index (χ1n) is 8.19. The molecule has 1 aromatic rings. The highest BCUT2D eigenvalue weighted by molar-refractivity contribution is 7.80. The standard InChI is InChI=1S/C17H26N4S2/c1-13-8-6-7-11-15(13)19-16(22)20-21(2)17(23)18-12-14-9-4-3-5-10-14/h3-5,9-10,13,15H,6-8,11-12H2,1-2H3,(H,18,23)(H2,19,20,22)/t13-,15+/m1/s1. The Morgan fingerprint density at radius 1 is 1.17 bits per heavy atom. The molecule has 1 saturated carbocycles. The van der Waals surface area contributed by atoms with Crippen LogP contribution in [0.25, 0.3) is 0 Å². The van der Waals surface area contributed by atoms with Gasteiger partial charge in [0.25, 0.3) is 0 Å². The molecule has 1 fully saturated rings. The van der Waals surface area contributed by atoms with E-state index >= 15 is 0 Å². The largest absolute Gasteiger partial charge is 0.358 e. The first kappa shape index (κ1) is 17.9. The fourth-order valence-electron chi connectivity index (χ4n) is 2.83. The lowest BCUT2D eigenvalue weighted by atomic mass is 9.86. The summed E-state index contributed by atoms with van der Waals surface area (Å²) in [5, 5.41) is 9.65. The summed E-state index contributed by atoms with van der Waals surface area (Å²) in [6, 6.07) is 10.6. The van der Waals surface area contributed by atoms with Crippen molar-refractivity contribution in [2.45, 2.75) is 45.2 Å². The maximum atomic E-state index is 5.41. The smallest absolute Gasteiger partial charge is 0.187 e. The fourth-order valence-corrected chi connectivity index (χ4v) is 3.23. The van der Waals surface area contributed by atoms with Crippen LogP contribution in [0, 0.1) is 5.92 Å². The first-order chi connectivity index (χ1) is 11.1. The lowest BCUT2D eigenvalue weighted by Crippen LogP contribution is -2.54. The van der Waals surface area contributed by atoms with Crippen molar-refractivity contribution in [1.29, 1.82) is 0 Å². The first-order valence-corrected chi connectivity index (χ1v) is 9.00. The van der Waals surface area contributed by atoms with Gasteiger partial charge in [-0.1, -0.05) is 50.1 Å². The summed E-state index contributed by atoms with van der Waals surface area (Å²) >= 11 is 10.8. The molecule has 23 heavy (non-hydrogen) atoms. The van der Waals surface area contributed by atoms with Crippen LogP contribution in [-0.4, -0.2) is 28.3 Å². The Bertz CT molecular complexity index is 521. The summed E-state index contributed by atoms with van der Waals surface area (Å²) in [6.07, 6.45) is 5.06. The van der Waals surface area contributed by atoms with E-state index in [0.717, 1.165) is 0 Å². The minimum atomic E-state index is 0.461. The zero-order valence-electron chi connectivity index (χ0n) is 13.8. The highest BCUT2D eigenvalue weighted by Crippen LogP contribution is 2.23. The number of hydrazine groups is 1. The van der Waals surface area contributed by atoms with Crippen molar-refractivity contribution in [3.05, 3.63) is 35.9 Å². The van der Waals surface area contributed by atoms with E-state index in [-0.39, 0.29) is 0 Å². The summed E-state index contributed by atoms with van der Waals surface area (Å²) in [5.41, 5.74) is 4.33. The van der Waals surface area contributed by atoms with Gasteiger partial charge in [-0.25, -0.2) is 0 Å². The summed E-state index contributed by atoms with van der Waals surface area (Å²) in [5.74, 6) is 0.664. The number of rotatable bonds is 3. The molecule has 0 aliphatic heterocycles. The van der Waals surface area contributed by atoms with Crippen molar-refractivity contribution in [2.75, 3.05) is 7.05 Å². The second-order valence-corrected chi connectivity index (χ2v) is 6.95. The van der Waals surface area contributed by atoms with Crippen molar-refractivity contribution in [1.82, 2.24) is 21.1 Å². The highest BCUT2D eigenvalue weighted by atomic mass is 32.1. The van der Waals surface area contributed by atoms with Gasteiger partial charge in [-0.15, -0.1) is 0 Å². The second kappa shape index (κ2) is 9.03. The minimum Gasteiger partial charge on any atom is -0.358 e. The van der Waals surface area contributed by atoms with Gasteiger partial charge in [-0.3, -0.25) is 10.4 Å². The molecule has 3 N–H and O–H groups in total. The molecule has 2 atom stereocenters. The molecule has 0 radical (unpaired) electrons. The van der Waals surface area contributed by atoms with E-state index in [1.54, 1.807) is 5.01 Å². The molecule has 0 unspecified atom stereocenters. The summed E-state index contributed by atoms with van der Waals surface area (Å²) in [6.45, 7) is 2.99. The SMILES string of the molecule is C[C@@H]1CCCC[C@@H]1NC(=S)NN(C)C(=S)NCc1ccccc1. The summed E-state index contributed by atoms with van der Waals surface area (Å²) in [4.78, 5) is 0.